The van der Waals surface area contributed by atoms with Crippen molar-refractivity contribution in [1.82, 2.24) is 10.3 Å². The van der Waals surface area contributed by atoms with Crippen molar-refractivity contribution < 1.29 is 9.21 Å². The number of thioether (sulfide) groups is 1. The molecule has 0 bridgehead atoms. The Kier molecular flexibility index (Phi) is 4.54. The van der Waals surface area contributed by atoms with Gasteiger partial charge in [-0.05, 0) is 19.9 Å². The SMILES string of the molecule is Cc1oc(CN2CCSC(C)C2C)cc1C(=O)NN. The molecule has 0 aliphatic carbocycles. The van der Waals surface area contributed by atoms with Crippen molar-refractivity contribution >= 4 is 17.7 Å². The fourth-order valence-electron chi connectivity index (χ4n) is 2.34. The Bertz CT molecular complexity index is 461. The summed E-state index contributed by atoms with van der Waals surface area (Å²) < 4.78 is 5.66. The highest BCUT2D eigenvalue weighted by atomic mass is 32.2. The summed E-state index contributed by atoms with van der Waals surface area (Å²) in [6.45, 7) is 8.06. The molecule has 3 N–H and O–H groups in total. The third kappa shape index (κ3) is 3.13. The van der Waals surface area contributed by atoms with Gasteiger partial charge in [-0.15, -0.1) is 0 Å². The zero-order chi connectivity index (χ0) is 14.0. The molecule has 0 radical (unpaired) electrons. The number of carbonyl (C=O) groups is 1. The van der Waals surface area contributed by atoms with E-state index >= 15 is 0 Å². The van der Waals surface area contributed by atoms with E-state index in [2.05, 4.69) is 24.2 Å². The molecule has 1 aliphatic rings. The van der Waals surface area contributed by atoms with Crippen molar-refractivity contribution in [2.24, 2.45) is 5.84 Å². The lowest BCUT2D eigenvalue weighted by Crippen LogP contribution is -2.43. The molecule has 2 heterocycles. The lowest BCUT2D eigenvalue weighted by molar-refractivity contribution is 0.0952. The molecular formula is C13H21N3O2S. The number of nitrogens with one attached hydrogen (secondary N) is 1. The first-order chi connectivity index (χ1) is 9.02. The summed E-state index contributed by atoms with van der Waals surface area (Å²) in [5.74, 6) is 7.43. The summed E-state index contributed by atoms with van der Waals surface area (Å²) >= 11 is 2.00. The minimum absolute atomic E-state index is 0.303. The van der Waals surface area contributed by atoms with E-state index in [9.17, 15) is 4.79 Å². The van der Waals surface area contributed by atoms with Gasteiger partial charge in [-0.1, -0.05) is 6.92 Å². The van der Waals surface area contributed by atoms with Gasteiger partial charge in [0.1, 0.15) is 11.5 Å². The van der Waals surface area contributed by atoms with Crippen LogP contribution in [0.4, 0.5) is 0 Å². The fraction of sp³-hybridized carbons (Fsp3) is 0.615. The first kappa shape index (κ1) is 14.4. The first-order valence-electron chi connectivity index (χ1n) is 6.49. The van der Waals surface area contributed by atoms with Crippen LogP contribution in [0.25, 0.3) is 0 Å². The Morgan fingerprint density at radius 3 is 3.05 bits per heavy atom. The first-order valence-corrected chi connectivity index (χ1v) is 7.53. The topological polar surface area (TPSA) is 71.5 Å². The van der Waals surface area contributed by atoms with Crippen molar-refractivity contribution in [2.45, 2.75) is 38.6 Å². The standard InChI is InChI=1S/C13H21N3O2S/c1-8-10(3)19-5-4-16(8)7-11-6-12(9(2)18-11)13(17)15-14/h6,8,10H,4-5,7,14H2,1-3H3,(H,15,17). The number of furan rings is 1. The molecule has 5 nitrogen and oxygen atoms in total. The third-order valence-electron chi connectivity index (χ3n) is 3.72. The summed E-state index contributed by atoms with van der Waals surface area (Å²) in [6.07, 6.45) is 0. The van der Waals surface area contributed by atoms with Crippen molar-refractivity contribution in [3.8, 4) is 0 Å². The highest BCUT2D eigenvalue weighted by Gasteiger charge is 2.26. The van der Waals surface area contributed by atoms with Gasteiger partial charge in [0.15, 0.2) is 0 Å². The van der Waals surface area contributed by atoms with Crippen LogP contribution in [-0.4, -0.2) is 34.4 Å². The van der Waals surface area contributed by atoms with Crippen LogP contribution in [0.2, 0.25) is 0 Å². The Labute approximate surface area is 117 Å². The Morgan fingerprint density at radius 1 is 1.63 bits per heavy atom. The van der Waals surface area contributed by atoms with Gasteiger partial charge in [0.25, 0.3) is 5.91 Å². The van der Waals surface area contributed by atoms with Crippen molar-refractivity contribution in [3.63, 3.8) is 0 Å². The molecule has 2 atom stereocenters. The van der Waals surface area contributed by atoms with E-state index in [1.54, 1.807) is 13.0 Å². The molecule has 2 unspecified atom stereocenters. The molecule has 1 amide bonds. The van der Waals surface area contributed by atoms with Crippen LogP contribution in [0.1, 0.15) is 35.7 Å². The zero-order valence-corrected chi connectivity index (χ0v) is 12.4. The Hall–Kier alpha value is -0.980. The molecule has 106 valence electrons. The third-order valence-corrected chi connectivity index (χ3v) is 5.06. The predicted molar refractivity (Wildman–Crippen MR) is 76.9 cm³/mol. The summed E-state index contributed by atoms with van der Waals surface area (Å²) in [4.78, 5) is 13.9. The maximum atomic E-state index is 11.5. The summed E-state index contributed by atoms with van der Waals surface area (Å²) in [5, 5.41) is 0.622. The molecule has 19 heavy (non-hydrogen) atoms. The number of carbonyl (C=O) groups excluding carboxylic acids is 1. The highest BCUT2D eigenvalue weighted by Crippen LogP contribution is 2.26. The van der Waals surface area contributed by atoms with Crippen LogP contribution < -0.4 is 11.3 Å². The second-order valence-electron chi connectivity index (χ2n) is 4.94. The number of hydrazine groups is 1. The molecule has 1 aromatic heterocycles. The molecule has 0 saturated carbocycles. The Morgan fingerprint density at radius 2 is 2.37 bits per heavy atom. The highest BCUT2D eigenvalue weighted by molar-refractivity contribution is 8.00. The average molecular weight is 283 g/mol. The number of amides is 1. The van der Waals surface area contributed by atoms with Gasteiger partial charge < -0.3 is 4.42 Å². The second kappa shape index (κ2) is 5.98. The predicted octanol–water partition coefficient (Wildman–Crippen LogP) is 1.52. The number of nitrogen functional groups attached to an aromatic ring is 1. The smallest absolute Gasteiger partial charge is 0.268 e. The quantitative estimate of drug-likeness (QED) is 0.500. The van der Waals surface area contributed by atoms with Crippen molar-refractivity contribution in [1.29, 1.82) is 0 Å². The largest absolute Gasteiger partial charge is 0.464 e. The molecular weight excluding hydrogens is 262 g/mol. The second-order valence-corrected chi connectivity index (χ2v) is 6.43. The lowest BCUT2D eigenvalue weighted by Gasteiger charge is -2.36. The van der Waals surface area contributed by atoms with Gasteiger partial charge in [0.05, 0.1) is 12.1 Å². The maximum Gasteiger partial charge on any atom is 0.268 e. The van der Waals surface area contributed by atoms with Crippen molar-refractivity contribution in [2.75, 3.05) is 12.3 Å². The lowest BCUT2D eigenvalue weighted by atomic mass is 10.2. The average Bonchev–Trinajstić information content (AvgIpc) is 2.75. The van der Waals surface area contributed by atoms with E-state index in [1.807, 2.05) is 11.8 Å². The number of rotatable bonds is 3. The minimum Gasteiger partial charge on any atom is -0.464 e. The monoisotopic (exact) mass is 283 g/mol. The van der Waals surface area contributed by atoms with Crippen LogP contribution in [0.15, 0.2) is 10.5 Å². The van der Waals surface area contributed by atoms with E-state index in [4.69, 9.17) is 10.3 Å². The molecule has 0 spiro atoms. The Balaban J connectivity index is 2.09. The van der Waals surface area contributed by atoms with Crippen LogP contribution in [-0.2, 0) is 6.54 Å². The van der Waals surface area contributed by atoms with Gasteiger partial charge in [-0.25, -0.2) is 5.84 Å². The van der Waals surface area contributed by atoms with E-state index in [0.717, 1.165) is 24.6 Å². The van der Waals surface area contributed by atoms with Gasteiger partial charge in [-0.2, -0.15) is 11.8 Å². The van der Waals surface area contributed by atoms with Gasteiger partial charge in [0.2, 0.25) is 0 Å². The van der Waals surface area contributed by atoms with Crippen LogP contribution in [0, 0.1) is 6.92 Å². The van der Waals surface area contributed by atoms with Crippen LogP contribution in [0.3, 0.4) is 0 Å². The molecule has 1 aromatic rings. The molecule has 1 aliphatic heterocycles. The fourth-order valence-corrected chi connectivity index (χ4v) is 3.51. The van der Waals surface area contributed by atoms with Crippen molar-refractivity contribution in [3.05, 3.63) is 23.2 Å². The number of nitrogens with two attached hydrogens (primary N) is 1. The summed E-state index contributed by atoms with van der Waals surface area (Å²) in [7, 11) is 0. The van der Waals surface area contributed by atoms with E-state index in [1.165, 1.54) is 0 Å². The normalized spacial score (nSPS) is 24.4. The molecule has 6 heteroatoms. The molecule has 1 saturated heterocycles. The van der Waals surface area contributed by atoms with Gasteiger partial charge >= 0.3 is 0 Å². The van der Waals surface area contributed by atoms with Gasteiger partial charge in [0, 0.05) is 23.6 Å². The van der Waals surface area contributed by atoms with E-state index in [-0.39, 0.29) is 5.91 Å². The van der Waals surface area contributed by atoms with E-state index in [0.29, 0.717) is 22.6 Å². The molecule has 1 fully saturated rings. The number of nitrogens with zero attached hydrogens (tertiary/aromatic N) is 1. The molecule has 2 rings (SSSR count). The van der Waals surface area contributed by atoms with Crippen LogP contribution in [0.5, 0.6) is 0 Å². The number of hydrogen-bond acceptors (Lipinski definition) is 5. The van der Waals surface area contributed by atoms with Gasteiger partial charge in [-0.3, -0.25) is 15.1 Å². The number of aryl methyl sites for hydroxylation is 1. The summed E-state index contributed by atoms with van der Waals surface area (Å²) in [6, 6.07) is 2.30. The summed E-state index contributed by atoms with van der Waals surface area (Å²) in [5.41, 5.74) is 2.66. The number of hydrogen-bond donors (Lipinski definition) is 2. The maximum absolute atomic E-state index is 11.5. The van der Waals surface area contributed by atoms with E-state index < -0.39 is 0 Å². The van der Waals surface area contributed by atoms with Crippen LogP contribution >= 0.6 is 11.8 Å². The minimum atomic E-state index is -0.303. The molecule has 0 aromatic carbocycles. The zero-order valence-electron chi connectivity index (χ0n) is 11.6.